The summed E-state index contributed by atoms with van der Waals surface area (Å²) in [7, 11) is 1.28. The van der Waals surface area contributed by atoms with Gasteiger partial charge in [0.1, 0.15) is 6.33 Å². The van der Waals surface area contributed by atoms with E-state index in [-0.39, 0.29) is 0 Å². The number of anilines is 1. The van der Waals surface area contributed by atoms with Crippen molar-refractivity contribution in [2.24, 2.45) is 0 Å². The van der Waals surface area contributed by atoms with Crippen LogP contribution in [0.15, 0.2) is 60.9 Å². The first kappa shape index (κ1) is 20.6. The first-order valence-electron chi connectivity index (χ1n) is 8.98. The molecular weight excluding hydrogens is 390 g/mol. The molecule has 1 amide bonds. The van der Waals surface area contributed by atoms with E-state index in [1.165, 1.54) is 30.3 Å². The average Bonchev–Trinajstić information content (AvgIpc) is 3.31. The van der Waals surface area contributed by atoms with Gasteiger partial charge in [0.05, 0.1) is 12.7 Å². The fourth-order valence-corrected chi connectivity index (χ4v) is 2.67. The predicted molar refractivity (Wildman–Crippen MR) is 104 cm³/mol. The van der Waals surface area contributed by atoms with Crippen LogP contribution >= 0.6 is 0 Å². The zero-order valence-corrected chi connectivity index (χ0v) is 16.1. The van der Waals surface area contributed by atoms with Crippen LogP contribution in [0.2, 0.25) is 0 Å². The quantitative estimate of drug-likeness (QED) is 0.554. The molecule has 0 unspecified atom stereocenters. The minimum absolute atomic E-state index is 0.307. The number of rotatable bonds is 8. The lowest BCUT2D eigenvalue weighted by Crippen LogP contribution is -2.28. The molecule has 30 heavy (non-hydrogen) atoms. The molecule has 154 valence electrons. The van der Waals surface area contributed by atoms with Gasteiger partial charge in [0.25, 0.3) is 5.91 Å². The van der Waals surface area contributed by atoms with Gasteiger partial charge in [-0.25, -0.2) is 14.3 Å². The number of carbonyl (C=O) groups excluding carboxylic acids is 3. The second-order valence-corrected chi connectivity index (χ2v) is 6.22. The minimum Gasteiger partial charge on any atom is -0.465 e. The highest BCUT2D eigenvalue weighted by Gasteiger charge is 2.24. The molecule has 2 aromatic carbocycles. The van der Waals surface area contributed by atoms with Crippen LogP contribution in [0.3, 0.4) is 0 Å². The van der Waals surface area contributed by atoms with Crippen molar-refractivity contribution in [3.8, 4) is 0 Å². The molecule has 3 aromatic rings. The molecule has 0 aliphatic carbocycles. The highest BCUT2D eigenvalue weighted by Crippen LogP contribution is 2.15. The summed E-state index contributed by atoms with van der Waals surface area (Å²) in [6.45, 7) is -0.481. The third kappa shape index (κ3) is 5.47. The number of aromatic nitrogens is 4. The van der Waals surface area contributed by atoms with Crippen molar-refractivity contribution in [2.75, 3.05) is 19.0 Å². The standard InChI is InChI=1S/C20H19N5O5/c1-29-19(27)15-7-9-16(10-8-15)22-18(26)12-30-20(28)17(25-13-21-23-24-25)11-14-5-3-2-4-6-14/h2-10,13,17H,11-12H2,1H3,(H,22,26)/t17-/m1/s1. The Morgan fingerprint density at radius 3 is 2.43 bits per heavy atom. The molecule has 0 aliphatic heterocycles. The molecule has 10 nitrogen and oxygen atoms in total. The highest BCUT2D eigenvalue weighted by molar-refractivity contribution is 5.94. The van der Waals surface area contributed by atoms with E-state index in [4.69, 9.17) is 4.74 Å². The summed E-state index contributed by atoms with van der Waals surface area (Å²) in [4.78, 5) is 36.2. The van der Waals surface area contributed by atoms with Crippen molar-refractivity contribution < 1.29 is 23.9 Å². The zero-order valence-electron chi connectivity index (χ0n) is 16.1. The Morgan fingerprint density at radius 1 is 1.07 bits per heavy atom. The Hall–Kier alpha value is -4.08. The van der Waals surface area contributed by atoms with Gasteiger partial charge in [0.15, 0.2) is 12.6 Å². The van der Waals surface area contributed by atoms with Gasteiger partial charge in [-0.15, -0.1) is 5.10 Å². The Morgan fingerprint density at radius 2 is 1.80 bits per heavy atom. The summed E-state index contributed by atoms with van der Waals surface area (Å²) in [5.41, 5.74) is 1.70. The van der Waals surface area contributed by atoms with Gasteiger partial charge in [-0.2, -0.15) is 0 Å². The van der Waals surface area contributed by atoms with E-state index >= 15 is 0 Å². The van der Waals surface area contributed by atoms with E-state index < -0.39 is 30.5 Å². The number of nitrogens with one attached hydrogen (secondary N) is 1. The summed E-state index contributed by atoms with van der Waals surface area (Å²) < 4.78 is 11.1. The largest absolute Gasteiger partial charge is 0.465 e. The van der Waals surface area contributed by atoms with Crippen LogP contribution in [0.4, 0.5) is 5.69 Å². The number of methoxy groups -OCH3 is 1. The Balaban J connectivity index is 1.58. The lowest BCUT2D eigenvalue weighted by Gasteiger charge is -2.15. The second kappa shape index (κ2) is 9.92. The number of ether oxygens (including phenoxy) is 2. The van der Waals surface area contributed by atoms with Gasteiger partial charge in [-0.1, -0.05) is 30.3 Å². The van der Waals surface area contributed by atoms with Crippen LogP contribution < -0.4 is 5.32 Å². The molecule has 1 aromatic heterocycles. The number of nitrogens with zero attached hydrogens (tertiary/aromatic N) is 4. The lowest BCUT2D eigenvalue weighted by molar-refractivity contribution is -0.151. The maximum Gasteiger partial charge on any atom is 0.337 e. The van der Waals surface area contributed by atoms with Crippen LogP contribution in [0.1, 0.15) is 22.0 Å². The monoisotopic (exact) mass is 409 g/mol. The topological polar surface area (TPSA) is 125 Å². The molecule has 1 atom stereocenters. The van der Waals surface area contributed by atoms with E-state index in [0.717, 1.165) is 5.56 Å². The number of tetrazole rings is 1. The second-order valence-electron chi connectivity index (χ2n) is 6.22. The Kier molecular flexibility index (Phi) is 6.83. The summed E-state index contributed by atoms with van der Waals surface area (Å²) in [5, 5.41) is 13.5. The van der Waals surface area contributed by atoms with Crippen LogP contribution in [-0.4, -0.2) is 51.8 Å². The summed E-state index contributed by atoms with van der Waals surface area (Å²) in [5.74, 6) is -1.64. The van der Waals surface area contributed by atoms with E-state index in [2.05, 4.69) is 25.6 Å². The van der Waals surface area contributed by atoms with Crippen LogP contribution in [0, 0.1) is 0 Å². The van der Waals surface area contributed by atoms with Gasteiger partial charge in [0, 0.05) is 12.1 Å². The number of hydrogen-bond donors (Lipinski definition) is 1. The van der Waals surface area contributed by atoms with Gasteiger partial charge in [-0.3, -0.25) is 4.79 Å². The molecule has 1 heterocycles. The average molecular weight is 409 g/mol. The molecule has 10 heteroatoms. The molecule has 0 saturated carbocycles. The third-order valence-electron chi connectivity index (χ3n) is 4.16. The normalized spacial score (nSPS) is 11.4. The van der Waals surface area contributed by atoms with Crippen molar-refractivity contribution in [2.45, 2.75) is 12.5 Å². The van der Waals surface area contributed by atoms with Crippen molar-refractivity contribution in [3.05, 3.63) is 72.1 Å². The van der Waals surface area contributed by atoms with E-state index in [9.17, 15) is 14.4 Å². The number of amides is 1. The Labute approximate surface area is 171 Å². The van der Waals surface area contributed by atoms with Crippen LogP contribution in [0.5, 0.6) is 0 Å². The number of benzene rings is 2. The first-order chi connectivity index (χ1) is 14.6. The minimum atomic E-state index is -0.811. The van der Waals surface area contributed by atoms with Gasteiger partial charge in [0.2, 0.25) is 0 Å². The van der Waals surface area contributed by atoms with Crippen molar-refractivity contribution in [1.82, 2.24) is 20.2 Å². The molecule has 3 rings (SSSR count). The molecule has 0 aliphatic rings. The molecular formula is C20H19N5O5. The maximum atomic E-state index is 12.6. The van der Waals surface area contributed by atoms with E-state index in [1.807, 2.05) is 30.3 Å². The third-order valence-corrected chi connectivity index (χ3v) is 4.16. The van der Waals surface area contributed by atoms with Crippen LogP contribution in [-0.2, 0) is 25.5 Å². The Bertz CT molecular complexity index is 990. The van der Waals surface area contributed by atoms with Gasteiger partial charge < -0.3 is 14.8 Å². The molecule has 0 fully saturated rings. The van der Waals surface area contributed by atoms with Gasteiger partial charge >= 0.3 is 11.9 Å². The SMILES string of the molecule is COC(=O)c1ccc(NC(=O)COC(=O)[C@@H](Cc2ccccc2)n2cnnn2)cc1. The molecule has 1 N–H and O–H groups in total. The molecule has 0 saturated heterocycles. The van der Waals surface area contributed by atoms with Crippen LogP contribution in [0.25, 0.3) is 0 Å². The first-order valence-corrected chi connectivity index (χ1v) is 8.98. The maximum absolute atomic E-state index is 12.6. The van der Waals surface area contributed by atoms with Crippen molar-refractivity contribution >= 4 is 23.5 Å². The fraction of sp³-hybridized carbons (Fsp3) is 0.200. The lowest BCUT2D eigenvalue weighted by atomic mass is 10.1. The van der Waals surface area contributed by atoms with Crippen molar-refractivity contribution in [1.29, 1.82) is 0 Å². The molecule has 0 spiro atoms. The molecule has 0 bridgehead atoms. The number of carbonyl (C=O) groups is 3. The molecule has 0 radical (unpaired) electrons. The smallest absolute Gasteiger partial charge is 0.337 e. The summed E-state index contributed by atoms with van der Waals surface area (Å²) >= 11 is 0. The zero-order chi connectivity index (χ0) is 21.3. The highest BCUT2D eigenvalue weighted by atomic mass is 16.5. The van der Waals surface area contributed by atoms with E-state index in [1.54, 1.807) is 12.1 Å². The number of esters is 2. The summed E-state index contributed by atoms with van der Waals surface area (Å²) in [6, 6.07) is 14.6. The summed E-state index contributed by atoms with van der Waals surface area (Å²) in [6.07, 6.45) is 1.62. The van der Waals surface area contributed by atoms with Crippen molar-refractivity contribution in [3.63, 3.8) is 0 Å². The predicted octanol–water partition coefficient (Wildman–Crippen LogP) is 1.43. The van der Waals surface area contributed by atoms with Gasteiger partial charge in [-0.05, 0) is 40.3 Å². The number of hydrogen-bond acceptors (Lipinski definition) is 8. The van der Waals surface area contributed by atoms with E-state index in [0.29, 0.717) is 17.7 Å². The fourth-order valence-electron chi connectivity index (χ4n) is 2.67.